The van der Waals surface area contributed by atoms with E-state index in [1.807, 2.05) is 0 Å². The molecule has 1 atom stereocenters. The van der Waals surface area contributed by atoms with Crippen LogP contribution in [0.2, 0.25) is 0 Å². The topological polar surface area (TPSA) is 55.4 Å². The molecule has 0 spiro atoms. The smallest absolute Gasteiger partial charge is 0.416 e. The number of ether oxygens (including phenoxy) is 1. The number of benzene rings is 1. The van der Waals surface area contributed by atoms with Gasteiger partial charge in [0.1, 0.15) is 0 Å². The number of nitrogens with one attached hydrogen (secondary N) is 1. The van der Waals surface area contributed by atoms with Gasteiger partial charge in [0, 0.05) is 18.9 Å². The van der Waals surface area contributed by atoms with Crippen LogP contribution in [-0.2, 0) is 20.5 Å². The lowest BCUT2D eigenvalue weighted by Gasteiger charge is -2.14. The van der Waals surface area contributed by atoms with Crippen molar-refractivity contribution in [1.29, 1.82) is 0 Å². The molecule has 0 bridgehead atoms. The molecule has 0 aliphatic heterocycles. The third-order valence-electron chi connectivity index (χ3n) is 2.92. The number of amides is 1. The van der Waals surface area contributed by atoms with Gasteiger partial charge < -0.3 is 10.1 Å². The van der Waals surface area contributed by atoms with E-state index in [0.717, 1.165) is 12.1 Å². The van der Waals surface area contributed by atoms with Crippen LogP contribution in [0.25, 0.3) is 0 Å². The molecule has 0 saturated heterocycles. The van der Waals surface area contributed by atoms with Crippen molar-refractivity contribution in [2.75, 3.05) is 6.61 Å². The van der Waals surface area contributed by atoms with Crippen molar-refractivity contribution in [2.45, 2.75) is 38.9 Å². The molecule has 130 valence electrons. The number of hydrogen-bond donors (Lipinski definition) is 1. The lowest BCUT2D eigenvalue weighted by Crippen LogP contribution is -2.35. The summed E-state index contributed by atoms with van der Waals surface area (Å²) in [6, 6.07) is 3.94. The van der Waals surface area contributed by atoms with Gasteiger partial charge in [0.2, 0.25) is 5.91 Å². The van der Waals surface area contributed by atoms with Crippen molar-refractivity contribution in [3.8, 4) is 11.8 Å². The van der Waals surface area contributed by atoms with Crippen LogP contribution in [0.4, 0.5) is 13.2 Å². The molecule has 0 saturated carbocycles. The van der Waals surface area contributed by atoms with E-state index in [1.54, 1.807) is 6.92 Å². The van der Waals surface area contributed by atoms with Crippen molar-refractivity contribution in [3.05, 3.63) is 35.4 Å². The summed E-state index contributed by atoms with van der Waals surface area (Å²) in [6.07, 6.45) is -4.23. The Morgan fingerprint density at radius 1 is 1.25 bits per heavy atom. The maximum absolute atomic E-state index is 12.5. The first kappa shape index (κ1) is 19.6. The fraction of sp³-hybridized carbons (Fsp3) is 0.412. The summed E-state index contributed by atoms with van der Waals surface area (Å²) in [7, 11) is 0. The lowest BCUT2D eigenvalue weighted by molar-refractivity contribution is -0.143. The first-order chi connectivity index (χ1) is 11.2. The second kappa shape index (κ2) is 8.96. The van der Waals surface area contributed by atoms with Gasteiger partial charge in [-0.05, 0) is 31.2 Å². The predicted octanol–water partition coefficient (Wildman–Crippen LogP) is 2.90. The van der Waals surface area contributed by atoms with E-state index in [0.29, 0.717) is 5.56 Å². The zero-order chi connectivity index (χ0) is 18.2. The maximum atomic E-state index is 12.5. The van der Waals surface area contributed by atoms with Crippen LogP contribution in [0.15, 0.2) is 24.3 Å². The molecule has 7 heteroatoms. The zero-order valence-corrected chi connectivity index (χ0v) is 13.4. The minimum atomic E-state index is -4.39. The molecule has 4 nitrogen and oxygen atoms in total. The highest BCUT2D eigenvalue weighted by Crippen LogP contribution is 2.28. The summed E-state index contributed by atoms with van der Waals surface area (Å²) in [6.45, 7) is 3.24. The third-order valence-corrected chi connectivity index (χ3v) is 2.92. The highest BCUT2D eigenvalue weighted by Gasteiger charge is 2.29. The van der Waals surface area contributed by atoms with Crippen molar-refractivity contribution < 1.29 is 27.5 Å². The van der Waals surface area contributed by atoms with E-state index < -0.39 is 23.8 Å². The minimum Gasteiger partial charge on any atom is -0.466 e. The van der Waals surface area contributed by atoms with Crippen molar-refractivity contribution in [1.82, 2.24) is 5.32 Å². The number of alkyl halides is 3. The van der Waals surface area contributed by atoms with Gasteiger partial charge in [0.15, 0.2) is 0 Å². The van der Waals surface area contributed by atoms with Gasteiger partial charge >= 0.3 is 12.1 Å². The molecule has 24 heavy (non-hydrogen) atoms. The van der Waals surface area contributed by atoms with Gasteiger partial charge in [-0.15, -0.1) is 0 Å². The molecular weight excluding hydrogens is 323 g/mol. The molecule has 1 aromatic rings. The first-order valence-electron chi connectivity index (χ1n) is 7.31. The highest BCUT2D eigenvalue weighted by atomic mass is 19.4. The second-order valence-corrected chi connectivity index (χ2v) is 4.99. The van der Waals surface area contributed by atoms with Gasteiger partial charge in [-0.2, -0.15) is 13.2 Å². The standard InChI is InChI=1S/C17H18F3NO3/c1-3-24-16(23)11-15(21-12(2)22)6-4-5-13-7-9-14(10-8-13)17(18,19)20/h7-10,15H,3,6,11H2,1-2H3,(H,21,22)/t15-/m0/s1. The molecule has 0 fully saturated rings. The SMILES string of the molecule is CCOC(=O)C[C@H](CC#Cc1ccc(C(F)(F)F)cc1)NC(C)=O. The Hall–Kier alpha value is -2.49. The van der Waals surface area contributed by atoms with E-state index >= 15 is 0 Å². The van der Waals surface area contributed by atoms with Gasteiger partial charge in [0.05, 0.1) is 24.6 Å². The van der Waals surface area contributed by atoms with Gasteiger partial charge in [-0.25, -0.2) is 0 Å². The molecule has 1 rings (SSSR count). The van der Waals surface area contributed by atoms with Crippen molar-refractivity contribution in [2.24, 2.45) is 0 Å². The molecule has 0 aromatic heterocycles. The Labute approximate surface area is 138 Å². The zero-order valence-electron chi connectivity index (χ0n) is 13.4. The maximum Gasteiger partial charge on any atom is 0.416 e. The Bertz CT molecular complexity index is 627. The largest absolute Gasteiger partial charge is 0.466 e. The monoisotopic (exact) mass is 341 g/mol. The number of halogens is 3. The van der Waals surface area contributed by atoms with Gasteiger partial charge in [0.25, 0.3) is 0 Å². The number of rotatable bonds is 5. The summed E-state index contributed by atoms with van der Waals surface area (Å²) < 4.78 is 42.2. The summed E-state index contributed by atoms with van der Waals surface area (Å²) in [5, 5.41) is 2.59. The van der Waals surface area contributed by atoms with E-state index in [9.17, 15) is 22.8 Å². The molecule has 0 heterocycles. The molecule has 1 aromatic carbocycles. The molecular formula is C17H18F3NO3. The molecule has 1 N–H and O–H groups in total. The van der Waals surface area contributed by atoms with E-state index in [4.69, 9.17) is 4.74 Å². The van der Waals surface area contributed by atoms with Crippen LogP contribution in [0.5, 0.6) is 0 Å². The summed E-state index contributed by atoms with van der Waals surface area (Å²) in [5.74, 6) is 4.71. The number of hydrogen-bond acceptors (Lipinski definition) is 3. The Morgan fingerprint density at radius 3 is 2.38 bits per heavy atom. The minimum absolute atomic E-state index is 0.0187. The number of carbonyl (C=O) groups excluding carboxylic acids is 2. The number of esters is 1. The Kier molecular flexibility index (Phi) is 7.31. The Balaban J connectivity index is 2.71. The summed E-state index contributed by atoms with van der Waals surface area (Å²) in [5.41, 5.74) is -0.327. The Morgan fingerprint density at radius 2 is 1.88 bits per heavy atom. The molecule has 1 amide bonds. The van der Waals surface area contributed by atoms with Gasteiger partial charge in [-0.1, -0.05) is 11.8 Å². The molecule has 0 radical (unpaired) electrons. The van der Waals surface area contributed by atoms with Crippen LogP contribution in [0.3, 0.4) is 0 Å². The van der Waals surface area contributed by atoms with Crippen LogP contribution in [-0.4, -0.2) is 24.5 Å². The van der Waals surface area contributed by atoms with Crippen LogP contribution < -0.4 is 5.32 Å². The average Bonchev–Trinajstić information content (AvgIpc) is 2.46. The van der Waals surface area contributed by atoms with E-state index in [1.165, 1.54) is 19.1 Å². The molecule has 0 unspecified atom stereocenters. The van der Waals surface area contributed by atoms with E-state index in [-0.39, 0.29) is 25.4 Å². The van der Waals surface area contributed by atoms with Crippen molar-refractivity contribution in [3.63, 3.8) is 0 Å². The predicted molar refractivity (Wildman–Crippen MR) is 81.8 cm³/mol. The number of carbonyl (C=O) groups is 2. The fourth-order valence-corrected chi connectivity index (χ4v) is 1.90. The molecule has 0 aliphatic rings. The second-order valence-electron chi connectivity index (χ2n) is 4.99. The first-order valence-corrected chi connectivity index (χ1v) is 7.31. The summed E-state index contributed by atoms with van der Waals surface area (Å²) >= 11 is 0. The van der Waals surface area contributed by atoms with Crippen LogP contribution >= 0.6 is 0 Å². The fourth-order valence-electron chi connectivity index (χ4n) is 1.90. The summed E-state index contributed by atoms with van der Waals surface area (Å²) in [4.78, 5) is 22.6. The average molecular weight is 341 g/mol. The molecule has 0 aliphatic carbocycles. The van der Waals surface area contributed by atoms with Crippen molar-refractivity contribution >= 4 is 11.9 Å². The van der Waals surface area contributed by atoms with E-state index in [2.05, 4.69) is 17.2 Å². The normalized spacial score (nSPS) is 11.9. The highest BCUT2D eigenvalue weighted by molar-refractivity contribution is 5.75. The third kappa shape index (κ3) is 7.18. The lowest BCUT2D eigenvalue weighted by atomic mass is 10.1. The van der Waals surface area contributed by atoms with Gasteiger partial charge in [-0.3, -0.25) is 9.59 Å². The van der Waals surface area contributed by atoms with Crippen LogP contribution in [0, 0.1) is 11.8 Å². The quantitative estimate of drug-likeness (QED) is 0.662. The van der Waals surface area contributed by atoms with Crippen LogP contribution in [0.1, 0.15) is 37.8 Å².